The Morgan fingerprint density at radius 3 is 2.48 bits per heavy atom. The highest BCUT2D eigenvalue weighted by molar-refractivity contribution is 6.30. The molecule has 0 spiro atoms. The van der Waals surface area contributed by atoms with Gasteiger partial charge in [0.2, 0.25) is 5.91 Å². The number of halogens is 1. The van der Waals surface area contributed by atoms with Crippen LogP contribution in [0.4, 0.5) is 0 Å². The van der Waals surface area contributed by atoms with Crippen molar-refractivity contribution in [1.29, 1.82) is 0 Å². The van der Waals surface area contributed by atoms with E-state index >= 15 is 0 Å². The summed E-state index contributed by atoms with van der Waals surface area (Å²) in [6.45, 7) is 1.45. The summed E-state index contributed by atoms with van der Waals surface area (Å²) in [6.07, 6.45) is 12.2. The van der Waals surface area contributed by atoms with E-state index in [1.165, 1.54) is 32.1 Å². The SMILES string of the molecule is N[C@H](Cc1ccc(Cl)cc1)C(=O)N1CCC(C2CCCCC2)(n2cncn2)CC1. The molecule has 7 heteroatoms. The monoisotopic (exact) mass is 415 g/mol. The lowest BCUT2D eigenvalue weighted by Crippen LogP contribution is -2.55. The summed E-state index contributed by atoms with van der Waals surface area (Å²) < 4.78 is 2.08. The van der Waals surface area contributed by atoms with Crippen molar-refractivity contribution in [2.24, 2.45) is 11.7 Å². The van der Waals surface area contributed by atoms with E-state index in [1.807, 2.05) is 35.5 Å². The number of carbonyl (C=O) groups is 1. The van der Waals surface area contributed by atoms with Gasteiger partial charge < -0.3 is 10.6 Å². The lowest BCUT2D eigenvalue weighted by atomic mass is 9.69. The van der Waals surface area contributed by atoms with Gasteiger partial charge in [-0.1, -0.05) is 43.0 Å². The van der Waals surface area contributed by atoms with Gasteiger partial charge in [0.15, 0.2) is 0 Å². The molecule has 2 N–H and O–H groups in total. The van der Waals surface area contributed by atoms with Crippen LogP contribution < -0.4 is 5.73 Å². The van der Waals surface area contributed by atoms with Gasteiger partial charge in [-0.3, -0.25) is 4.79 Å². The molecular weight excluding hydrogens is 386 g/mol. The topological polar surface area (TPSA) is 77.0 Å². The van der Waals surface area contributed by atoms with Gasteiger partial charge in [-0.05, 0) is 55.7 Å². The molecule has 0 bridgehead atoms. The van der Waals surface area contributed by atoms with Gasteiger partial charge >= 0.3 is 0 Å². The molecule has 29 heavy (non-hydrogen) atoms. The van der Waals surface area contributed by atoms with Crippen molar-refractivity contribution >= 4 is 17.5 Å². The number of benzene rings is 1. The Labute approximate surface area is 177 Å². The van der Waals surface area contributed by atoms with Gasteiger partial charge in [-0.25, -0.2) is 9.67 Å². The lowest BCUT2D eigenvalue weighted by molar-refractivity contribution is -0.135. The van der Waals surface area contributed by atoms with Crippen LogP contribution in [0, 0.1) is 5.92 Å². The Hall–Kier alpha value is -1.92. The molecule has 1 saturated carbocycles. The zero-order valence-corrected chi connectivity index (χ0v) is 17.6. The van der Waals surface area contributed by atoms with E-state index in [2.05, 4.69) is 14.8 Å². The van der Waals surface area contributed by atoms with E-state index < -0.39 is 6.04 Å². The number of rotatable bonds is 5. The van der Waals surface area contributed by atoms with Crippen LogP contribution in [0.2, 0.25) is 5.02 Å². The normalized spacial score (nSPS) is 21.1. The van der Waals surface area contributed by atoms with Crippen molar-refractivity contribution in [3.8, 4) is 0 Å². The minimum Gasteiger partial charge on any atom is -0.341 e. The number of nitrogens with zero attached hydrogens (tertiary/aromatic N) is 4. The molecule has 6 nitrogen and oxygen atoms in total. The first kappa shape index (κ1) is 20.4. The van der Waals surface area contributed by atoms with Crippen LogP contribution in [0.3, 0.4) is 0 Å². The average molecular weight is 416 g/mol. The minimum atomic E-state index is -0.523. The highest BCUT2D eigenvalue weighted by Crippen LogP contribution is 2.44. The summed E-state index contributed by atoms with van der Waals surface area (Å²) in [6, 6.07) is 7.02. The third kappa shape index (κ3) is 4.33. The molecule has 1 saturated heterocycles. The van der Waals surface area contributed by atoms with E-state index in [9.17, 15) is 4.79 Å². The maximum absolute atomic E-state index is 13.0. The maximum atomic E-state index is 13.0. The summed E-state index contributed by atoms with van der Waals surface area (Å²) in [5, 5.41) is 5.21. The molecule has 156 valence electrons. The van der Waals surface area contributed by atoms with Gasteiger partial charge in [-0.2, -0.15) is 5.10 Å². The molecule has 4 rings (SSSR count). The number of likely N-dealkylation sites (tertiary alicyclic amines) is 1. The highest BCUT2D eigenvalue weighted by atomic mass is 35.5. The predicted octanol–water partition coefficient (Wildman–Crippen LogP) is 3.40. The first-order chi connectivity index (χ1) is 14.1. The first-order valence-electron chi connectivity index (χ1n) is 10.7. The van der Waals surface area contributed by atoms with E-state index in [0.29, 0.717) is 17.4 Å². The summed E-state index contributed by atoms with van der Waals surface area (Å²) >= 11 is 5.95. The van der Waals surface area contributed by atoms with Crippen LogP contribution in [0.1, 0.15) is 50.5 Å². The van der Waals surface area contributed by atoms with Gasteiger partial charge in [0.25, 0.3) is 0 Å². The Morgan fingerprint density at radius 1 is 1.17 bits per heavy atom. The van der Waals surface area contributed by atoms with Gasteiger partial charge in [0.05, 0.1) is 11.6 Å². The standard InChI is InChI=1S/C22H30ClN5O/c23-19-8-6-17(7-9-19)14-20(24)21(29)27-12-10-22(11-13-27,28-16-25-15-26-28)18-4-2-1-3-5-18/h6-9,15-16,18,20H,1-5,10-14,24H2/t20-/m1/s1. The molecule has 1 amide bonds. The Morgan fingerprint density at radius 2 is 1.86 bits per heavy atom. The van der Waals surface area contributed by atoms with Gasteiger partial charge in [0, 0.05) is 18.1 Å². The summed E-state index contributed by atoms with van der Waals surface area (Å²) in [5.74, 6) is 0.647. The van der Waals surface area contributed by atoms with Crippen molar-refractivity contribution in [2.45, 2.75) is 62.9 Å². The van der Waals surface area contributed by atoms with E-state index in [-0.39, 0.29) is 11.4 Å². The number of hydrogen-bond donors (Lipinski definition) is 1. The number of aromatic nitrogens is 3. The second-order valence-corrected chi connectivity index (χ2v) is 8.98. The summed E-state index contributed by atoms with van der Waals surface area (Å²) in [7, 11) is 0. The van der Waals surface area contributed by atoms with Crippen LogP contribution >= 0.6 is 11.6 Å². The third-order valence-electron chi connectivity index (χ3n) is 6.87. The fourth-order valence-corrected chi connectivity index (χ4v) is 5.34. The summed E-state index contributed by atoms with van der Waals surface area (Å²) in [4.78, 5) is 19.1. The van der Waals surface area contributed by atoms with E-state index in [4.69, 9.17) is 17.3 Å². The zero-order valence-electron chi connectivity index (χ0n) is 16.8. The van der Waals surface area contributed by atoms with Gasteiger partial charge in [-0.15, -0.1) is 0 Å². The molecule has 2 aromatic rings. The molecule has 0 unspecified atom stereocenters. The van der Waals surface area contributed by atoms with Crippen LogP contribution in [-0.4, -0.2) is 44.7 Å². The maximum Gasteiger partial charge on any atom is 0.239 e. The highest BCUT2D eigenvalue weighted by Gasteiger charge is 2.45. The molecule has 2 fully saturated rings. The average Bonchev–Trinajstić information content (AvgIpc) is 3.31. The fraction of sp³-hybridized carbons (Fsp3) is 0.591. The number of hydrogen-bond acceptors (Lipinski definition) is 4. The molecule has 2 heterocycles. The third-order valence-corrected chi connectivity index (χ3v) is 7.12. The molecule has 1 aromatic carbocycles. The second kappa shape index (κ2) is 8.84. The fourth-order valence-electron chi connectivity index (χ4n) is 5.21. The minimum absolute atomic E-state index is 0.0199. The first-order valence-corrected chi connectivity index (χ1v) is 11.1. The Kier molecular flexibility index (Phi) is 6.20. The molecule has 1 aliphatic carbocycles. The zero-order chi connectivity index (χ0) is 20.3. The number of piperidine rings is 1. The van der Waals surface area contributed by atoms with Crippen molar-refractivity contribution in [3.63, 3.8) is 0 Å². The molecule has 1 aromatic heterocycles. The predicted molar refractivity (Wildman–Crippen MR) is 114 cm³/mol. The van der Waals surface area contributed by atoms with Crippen LogP contribution in [0.5, 0.6) is 0 Å². The number of amides is 1. The molecule has 1 atom stereocenters. The second-order valence-electron chi connectivity index (χ2n) is 8.54. The quantitative estimate of drug-likeness (QED) is 0.811. The van der Waals surface area contributed by atoms with E-state index in [0.717, 1.165) is 31.5 Å². The molecule has 1 aliphatic heterocycles. The number of carbonyl (C=O) groups excluding carboxylic acids is 1. The largest absolute Gasteiger partial charge is 0.341 e. The Bertz CT molecular complexity index is 793. The van der Waals surface area contributed by atoms with Crippen LogP contribution in [0.25, 0.3) is 0 Å². The molecule has 0 radical (unpaired) electrons. The number of nitrogens with two attached hydrogens (primary N) is 1. The summed E-state index contributed by atoms with van der Waals surface area (Å²) in [5.41, 5.74) is 7.29. The Balaban J connectivity index is 1.42. The smallest absolute Gasteiger partial charge is 0.239 e. The van der Waals surface area contributed by atoms with Crippen LogP contribution in [-0.2, 0) is 16.8 Å². The van der Waals surface area contributed by atoms with Gasteiger partial charge in [0.1, 0.15) is 12.7 Å². The van der Waals surface area contributed by atoms with Crippen molar-refractivity contribution < 1.29 is 4.79 Å². The van der Waals surface area contributed by atoms with E-state index in [1.54, 1.807) is 6.33 Å². The van der Waals surface area contributed by atoms with Crippen molar-refractivity contribution in [2.75, 3.05) is 13.1 Å². The van der Waals surface area contributed by atoms with Crippen molar-refractivity contribution in [3.05, 3.63) is 47.5 Å². The molecule has 2 aliphatic rings. The molecular formula is C22H30ClN5O. The van der Waals surface area contributed by atoms with Crippen molar-refractivity contribution in [1.82, 2.24) is 19.7 Å². The lowest BCUT2D eigenvalue weighted by Gasteiger charge is -2.48. The van der Waals surface area contributed by atoms with Crippen LogP contribution in [0.15, 0.2) is 36.9 Å².